The molecule has 0 N–H and O–H groups in total. The Morgan fingerprint density at radius 3 is 2.40 bits per heavy atom. The van der Waals surface area contributed by atoms with Crippen molar-refractivity contribution < 1.29 is 4.39 Å². The molecule has 2 fully saturated rings. The van der Waals surface area contributed by atoms with E-state index in [1.54, 1.807) is 6.07 Å². The molecule has 0 atom stereocenters. The van der Waals surface area contributed by atoms with Gasteiger partial charge in [-0.15, -0.1) is 0 Å². The third kappa shape index (κ3) is 7.05. The number of allylic oxidation sites excluding steroid dienone is 1. The lowest BCUT2D eigenvalue weighted by molar-refractivity contribution is 0.137. The normalized spacial score (nSPS) is 17.0. The molecular formula is C30H43FN4. The van der Waals surface area contributed by atoms with Crippen LogP contribution in [0.5, 0.6) is 0 Å². The fourth-order valence-electron chi connectivity index (χ4n) is 5.42. The average Bonchev–Trinajstić information content (AvgIpc) is 2.84. The summed E-state index contributed by atoms with van der Waals surface area (Å²) in [5.74, 6) is 2.37. The third-order valence-corrected chi connectivity index (χ3v) is 7.95. The quantitative estimate of drug-likeness (QED) is 0.322. The van der Waals surface area contributed by atoms with E-state index in [1.807, 2.05) is 18.5 Å². The van der Waals surface area contributed by atoms with Crippen LogP contribution < -0.4 is 4.90 Å². The van der Waals surface area contributed by atoms with Crippen molar-refractivity contribution in [2.45, 2.75) is 78.1 Å². The van der Waals surface area contributed by atoms with Gasteiger partial charge < -0.3 is 9.80 Å². The van der Waals surface area contributed by atoms with Crippen LogP contribution in [0.25, 0.3) is 0 Å². The van der Waals surface area contributed by atoms with Crippen LogP contribution in [0, 0.1) is 17.7 Å². The van der Waals surface area contributed by atoms with Crippen molar-refractivity contribution in [2.24, 2.45) is 11.8 Å². The lowest BCUT2D eigenvalue weighted by atomic mass is 9.91. The van der Waals surface area contributed by atoms with E-state index in [1.165, 1.54) is 37.7 Å². The number of aryl methyl sites for hydroxylation is 2. The van der Waals surface area contributed by atoms with E-state index in [0.717, 1.165) is 86.5 Å². The van der Waals surface area contributed by atoms with Gasteiger partial charge in [-0.25, -0.2) is 14.4 Å². The second-order valence-electron chi connectivity index (χ2n) is 10.7. The maximum absolute atomic E-state index is 14.7. The number of piperidine rings is 1. The molecule has 0 aliphatic carbocycles. The summed E-state index contributed by atoms with van der Waals surface area (Å²) in [5, 5.41) is 0. The Labute approximate surface area is 211 Å². The number of likely N-dealkylation sites (tertiary alicyclic amines) is 1. The lowest BCUT2D eigenvalue weighted by Gasteiger charge is -2.42. The van der Waals surface area contributed by atoms with Crippen molar-refractivity contribution in [2.75, 3.05) is 31.1 Å². The number of rotatable bonds is 12. The Morgan fingerprint density at radius 2 is 1.74 bits per heavy atom. The molecule has 1 aromatic carbocycles. The van der Waals surface area contributed by atoms with E-state index in [4.69, 9.17) is 0 Å². The largest absolute Gasteiger partial charge is 0.374 e. The van der Waals surface area contributed by atoms with Gasteiger partial charge in [0.15, 0.2) is 0 Å². The number of aromatic nitrogens is 2. The Kier molecular flexibility index (Phi) is 9.17. The topological polar surface area (TPSA) is 32.3 Å². The highest BCUT2D eigenvalue weighted by Crippen LogP contribution is 2.27. The van der Waals surface area contributed by atoms with Gasteiger partial charge in [0, 0.05) is 50.7 Å². The van der Waals surface area contributed by atoms with E-state index in [0.29, 0.717) is 6.42 Å². The molecule has 0 spiro atoms. The van der Waals surface area contributed by atoms with Crippen LogP contribution in [0.2, 0.25) is 0 Å². The molecule has 190 valence electrons. The molecule has 2 aromatic rings. The van der Waals surface area contributed by atoms with Crippen molar-refractivity contribution >= 4 is 5.95 Å². The number of hydrogen-bond donors (Lipinski definition) is 0. The zero-order valence-corrected chi connectivity index (χ0v) is 21.8. The first kappa shape index (κ1) is 25.7. The summed E-state index contributed by atoms with van der Waals surface area (Å²) in [6.07, 6.45) is 15.0. The van der Waals surface area contributed by atoms with Crippen LogP contribution in [0.15, 0.2) is 42.9 Å². The highest BCUT2D eigenvalue weighted by atomic mass is 19.1. The van der Waals surface area contributed by atoms with Crippen LogP contribution in [0.1, 0.15) is 75.5 Å². The highest BCUT2D eigenvalue weighted by molar-refractivity contribution is 5.30. The number of halogens is 1. The number of nitrogens with zero attached hydrogens (tertiary/aromatic N) is 4. The van der Waals surface area contributed by atoms with Crippen molar-refractivity contribution in [1.82, 2.24) is 14.9 Å². The van der Waals surface area contributed by atoms with Gasteiger partial charge in [0.1, 0.15) is 5.82 Å². The summed E-state index contributed by atoms with van der Waals surface area (Å²) >= 11 is 0. The molecule has 0 unspecified atom stereocenters. The van der Waals surface area contributed by atoms with Crippen molar-refractivity contribution in [1.29, 1.82) is 0 Å². The molecule has 4 rings (SSSR count). The minimum Gasteiger partial charge on any atom is -0.374 e. The molecule has 2 aliphatic rings. The van der Waals surface area contributed by atoms with Gasteiger partial charge in [0.25, 0.3) is 0 Å². The predicted octanol–water partition coefficient (Wildman–Crippen LogP) is 6.60. The van der Waals surface area contributed by atoms with Gasteiger partial charge >= 0.3 is 0 Å². The van der Waals surface area contributed by atoms with Crippen LogP contribution in [0.3, 0.4) is 0 Å². The minimum absolute atomic E-state index is 0.0754. The first-order valence-electron chi connectivity index (χ1n) is 13.8. The maximum atomic E-state index is 14.7. The van der Waals surface area contributed by atoms with E-state index in [9.17, 15) is 4.39 Å². The lowest BCUT2D eigenvalue weighted by Crippen LogP contribution is -2.45. The Morgan fingerprint density at radius 1 is 1.00 bits per heavy atom. The second kappa shape index (κ2) is 12.5. The number of hydrogen-bond acceptors (Lipinski definition) is 4. The molecule has 1 aromatic heterocycles. The summed E-state index contributed by atoms with van der Waals surface area (Å²) in [6.45, 7) is 12.9. The van der Waals surface area contributed by atoms with Crippen LogP contribution in [-0.2, 0) is 19.3 Å². The molecule has 5 heteroatoms. The fourth-order valence-corrected chi connectivity index (χ4v) is 5.42. The first-order chi connectivity index (χ1) is 17.1. The maximum Gasteiger partial charge on any atom is 0.225 e. The molecule has 35 heavy (non-hydrogen) atoms. The van der Waals surface area contributed by atoms with Crippen LogP contribution in [0.4, 0.5) is 10.3 Å². The van der Waals surface area contributed by atoms with Gasteiger partial charge in [-0.3, -0.25) is 0 Å². The summed E-state index contributed by atoms with van der Waals surface area (Å²) in [4.78, 5) is 13.8. The van der Waals surface area contributed by atoms with Gasteiger partial charge in [-0.2, -0.15) is 0 Å². The molecule has 2 aliphatic heterocycles. The molecule has 0 amide bonds. The Balaban J connectivity index is 1.13. The first-order valence-corrected chi connectivity index (χ1v) is 13.8. The second-order valence-corrected chi connectivity index (χ2v) is 10.7. The molecule has 2 saturated heterocycles. The standard InChI is InChI=1S/C30H43FN4/c1-4-8-27-19-32-30(33-20-27)34-15-13-25(14-16-34)9-6-7-10-26-11-12-28(29(31)18-26)17-23(3)35-21-24(5-2)22-35/h11-12,18-20,24-25H,3-10,13-17,21-22H2,1-2H3. The predicted molar refractivity (Wildman–Crippen MR) is 143 cm³/mol. The summed E-state index contributed by atoms with van der Waals surface area (Å²) in [6, 6.07) is 5.83. The SMILES string of the molecule is C=C(Cc1ccc(CCCCC2CCN(c3ncc(CCC)cn3)CC2)cc1F)N1CC(CC)C1. The van der Waals surface area contributed by atoms with Crippen LogP contribution >= 0.6 is 0 Å². The number of benzene rings is 1. The van der Waals surface area contributed by atoms with Gasteiger partial charge in [-0.05, 0) is 73.1 Å². The van der Waals surface area contributed by atoms with Gasteiger partial charge in [0.05, 0.1) is 0 Å². The molecule has 4 nitrogen and oxygen atoms in total. The molecule has 3 heterocycles. The zero-order valence-electron chi connectivity index (χ0n) is 21.8. The molecule has 0 saturated carbocycles. The molecular weight excluding hydrogens is 435 g/mol. The zero-order chi connectivity index (χ0) is 24.6. The van der Waals surface area contributed by atoms with E-state index in [-0.39, 0.29) is 5.82 Å². The van der Waals surface area contributed by atoms with Crippen molar-refractivity contribution in [3.8, 4) is 0 Å². The summed E-state index contributed by atoms with van der Waals surface area (Å²) < 4.78 is 14.7. The van der Waals surface area contributed by atoms with Gasteiger partial charge in [-0.1, -0.05) is 51.8 Å². The van der Waals surface area contributed by atoms with E-state index < -0.39 is 0 Å². The van der Waals surface area contributed by atoms with E-state index >= 15 is 0 Å². The third-order valence-electron chi connectivity index (χ3n) is 7.95. The molecule has 0 radical (unpaired) electrons. The van der Waals surface area contributed by atoms with Gasteiger partial charge in [0.2, 0.25) is 5.95 Å². The molecule has 0 bridgehead atoms. The summed E-state index contributed by atoms with van der Waals surface area (Å²) in [7, 11) is 0. The minimum atomic E-state index is -0.0754. The van der Waals surface area contributed by atoms with Crippen LogP contribution in [-0.4, -0.2) is 41.0 Å². The number of unbranched alkanes of at least 4 members (excludes halogenated alkanes) is 1. The fraction of sp³-hybridized carbons (Fsp3) is 0.600. The summed E-state index contributed by atoms with van der Waals surface area (Å²) in [5.41, 5.74) is 4.16. The van der Waals surface area contributed by atoms with Crippen molar-refractivity contribution in [3.05, 3.63) is 65.4 Å². The van der Waals surface area contributed by atoms with Crippen molar-refractivity contribution in [3.63, 3.8) is 0 Å². The monoisotopic (exact) mass is 478 g/mol. The average molecular weight is 479 g/mol. The van der Waals surface area contributed by atoms with E-state index in [2.05, 4.69) is 46.3 Å². The number of anilines is 1. The smallest absolute Gasteiger partial charge is 0.225 e. The highest BCUT2D eigenvalue weighted by Gasteiger charge is 2.26. The Bertz CT molecular complexity index is 943. The Hall–Kier alpha value is -2.43.